The fourth-order valence-corrected chi connectivity index (χ4v) is 2.80. The van der Waals surface area contributed by atoms with E-state index in [1.165, 1.54) is 19.1 Å². The number of phenolic OH excluding ortho intramolecular Hbond substituents is 2. The predicted molar refractivity (Wildman–Crippen MR) is 121 cm³/mol. The van der Waals surface area contributed by atoms with Crippen LogP contribution in [0, 0.1) is 27.7 Å². The third kappa shape index (κ3) is 8.18. The topological polar surface area (TPSA) is 66.8 Å². The first-order valence-electron chi connectivity index (χ1n) is 10.2. The van der Waals surface area contributed by atoms with Crippen LogP contribution in [0.15, 0.2) is 24.3 Å². The fourth-order valence-electron chi connectivity index (χ4n) is 2.80. The number of benzene rings is 2. The van der Waals surface area contributed by atoms with Crippen LogP contribution in [-0.4, -0.2) is 23.3 Å². The van der Waals surface area contributed by atoms with Gasteiger partial charge in [-0.1, -0.05) is 51.5 Å². The number of aryl methyl sites for hydroxylation is 5. The molecule has 0 aliphatic rings. The predicted octanol–water partition coefficient (Wildman–Crippen LogP) is 6.27. The second kappa shape index (κ2) is 12.9. The number of rotatable bonds is 3. The van der Waals surface area contributed by atoms with Gasteiger partial charge in [-0.25, -0.2) is 0 Å². The van der Waals surface area contributed by atoms with Crippen LogP contribution < -0.4 is 0 Å². The highest BCUT2D eigenvalue weighted by Gasteiger charge is 2.17. The number of phenols is 2. The van der Waals surface area contributed by atoms with Gasteiger partial charge in [0.05, 0.1) is 13.0 Å². The summed E-state index contributed by atoms with van der Waals surface area (Å²) in [4.78, 5) is 11.3. The van der Waals surface area contributed by atoms with Crippen LogP contribution in [0.5, 0.6) is 11.5 Å². The summed E-state index contributed by atoms with van der Waals surface area (Å²) >= 11 is 0. The van der Waals surface area contributed by atoms with Crippen LogP contribution >= 0.6 is 0 Å². The van der Waals surface area contributed by atoms with Crippen molar-refractivity contribution in [2.24, 2.45) is 0 Å². The first kappa shape index (κ1) is 26.5. The lowest BCUT2D eigenvalue weighted by atomic mass is 9.96. The van der Waals surface area contributed by atoms with Crippen LogP contribution in [0.2, 0.25) is 0 Å². The molecule has 1 unspecified atom stereocenters. The Labute approximate surface area is 176 Å². The molecule has 0 bridgehead atoms. The Balaban J connectivity index is 0.000000493. The number of methoxy groups -OCH3 is 1. The molecule has 0 radical (unpaired) electrons. The Morgan fingerprint density at radius 1 is 0.862 bits per heavy atom. The minimum absolute atomic E-state index is 0.264. The molecule has 0 saturated heterocycles. The van der Waals surface area contributed by atoms with E-state index in [0.717, 1.165) is 34.2 Å². The average molecular weight is 403 g/mol. The molecule has 4 heteroatoms. The first-order valence-corrected chi connectivity index (χ1v) is 10.2. The van der Waals surface area contributed by atoms with Gasteiger partial charge in [0.25, 0.3) is 0 Å². The van der Waals surface area contributed by atoms with E-state index < -0.39 is 0 Å². The van der Waals surface area contributed by atoms with Crippen LogP contribution in [0.4, 0.5) is 0 Å². The molecular formula is C25H38O4. The van der Waals surface area contributed by atoms with Crippen molar-refractivity contribution in [3.63, 3.8) is 0 Å². The summed E-state index contributed by atoms with van der Waals surface area (Å²) in [5, 5.41) is 19.0. The highest BCUT2D eigenvalue weighted by Crippen LogP contribution is 2.27. The maximum atomic E-state index is 11.3. The summed E-state index contributed by atoms with van der Waals surface area (Å²) in [6, 6.07) is 7.68. The van der Waals surface area contributed by atoms with Crippen molar-refractivity contribution in [3.8, 4) is 11.5 Å². The van der Waals surface area contributed by atoms with Crippen molar-refractivity contribution >= 4 is 5.97 Å². The molecule has 2 rings (SSSR count). The summed E-state index contributed by atoms with van der Waals surface area (Å²) in [6.45, 7) is 15.6. The molecule has 0 heterocycles. The lowest BCUT2D eigenvalue weighted by Crippen LogP contribution is -2.11. The van der Waals surface area contributed by atoms with Gasteiger partial charge in [0.2, 0.25) is 0 Å². The normalized spacial score (nSPS) is 10.8. The Bertz CT molecular complexity index is 747. The van der Waals surface area contributed by atoms with Gasteiger partial charge in [-0.05, 0) is 74.4 Å². The van der Waals surface area contributed by atoms with Gasteiger partial charge in [0, 0.05) is 0 Å². The highest BCUT2D eigenvalue weighted by molar-refractivity contribution is 5.77. The van der Waals surface area contributed by atoms with Crippen molar-refractivity contribution in [2.45, 2.75) is 74.1 Å². The van der Waals surface area contributed by atoms with E-state index in [1.807, 2.05) is 52.0 Å². The van der Waals surface area contributed by atoms with E-state index in [2.05, 4.69) is 25.5 Å². The molecule has 0 aromatic heterocycles. The number of aromatic hydroxyl groups is 2. The van der Waals surface area contributed by atoms with Crippen LogP contribution in [0.1, 0.15) is 73.4 Å². The SMILES string of the molecule is CCC.CCc1cc(C)c(O)c(C)c1.COC(=O)C(C)c1cc(C)c(O)c(C)c1. The van der Waals surface area contributed by atoms with E-state index in [9.17, 15) is 15.0 Å². The number of esters is 1. The Kier molecular flexibility index (Phi) is 11.8. The zero-order chi connectivity index (χ0) is 22.7. The summed E-state index contributed by atoms with van der Waals surface area (Å²) in [6.07, 6.45) is 2.28. The molecule has 0 saturated carbocycles. The van der Waals surface area contributed by atoms with E-state index in [4.69, 9.17) is 0 Å². The van der Waals surface area contributed by atoms with Gasteiger partial charge in [-0.15, -0.1) is 0 Å². The van der Waals surface area contributed by atoms with Gasteiger partial charge in [0.1, 0.15) is 11.5 Å². The fraction of sp³-hybridized carbons (Fsp3) is 0.480. The Hall–Kier alpha value is -2.49. The summed E-state index contributed by atoms with van der Waals surface area (Å²) < 4.78 is 4.67. The summed E-state index contributed by atoms with van der Waals surface area (Å²) in [5.41, 5.74) is 5.66. The minimum atomic E-state index is -0.298. The molecule has 0 amide bonds. The molecule has 29 heavy (non-hydrogen) atoms. The maximum Gasteiger partial charge on any atom is 0.312 e. The van der Waals surface area contributed by atoms with Gasteiger partial charge >= 0.3 is 5.97 Å². The quantitative estimate of drug-likeness (QED) is 0.594. The number of carbonyl (C=O) groups excluding carboxylic acids is 1. The molecule has 2 N–H and O–H groups in total. The minimum Gasteiger partial charge on any atom is -0.507 e. The Morgan fingerprint density at radius 2 is 1.21 bits per heavy atom. The van der Waals surface area contributed by atoms with Crippen molar-refractivity contribution in [1.29, 1.82) is 0 Å². The van der Waals surface area contributed by atoms with Crippen molar-refractivity contribution in [3.05, 3.63) is 57.6 Å². The van der Waals surface area contributed by atoms with Gasteiger partial charge < -0.3 is 14.9 Å². The van der Waals surface area contributed by atoms with Crippen molar-refractivity contribution in [2.75, 3.05) is 7.11 Å². The molecule has 2 aromatic rings. The van der Waals surface area contributed by atoms with E-state index >= 15 is 0 Å². The molecule has 0 aliphatic heterocycles. The maximum absolute atomic E-state index is 11.3. The zero-order valence-electron chi connectivity index (χ0n) is 19.5. The summed E-state index contributed by atoms with van der Waals surface area (Å²) in [5.74, 6) is 0.158. The molecule has 0 aliphatic carbocycles. The van der Waals surface area contributed by atoms with Gasteiger partial charge in [0.15, 0.2) is 0 Å². The molecule has 1 atom stereocenters. The number of hydrogen-bond donors (Lipinski definition) is 2. The molecular weight excluding hydrogens is 364 g/mol. The first-order chi connectivity index (χ1) is 13.5. The zero-order valence-corrected chi connectivity index (χ0v) is 19.5. The van der Waals surface area contributed by atoms with Gasteiger partial charge in [-0.3, -0.25) is 4.79 Å². The number of ether oxygens (including phenoxy) is 1. The molecule has 0 spiro atoms. The largest absolute Gasteiger partial charge is 0.507 e. The lowest BCUT2D eigenvalue weighted by Gasteiger charge is -2.12. The summed E-state index contributed by atoms with van der Waals surface area (Å²) in [7, 11) is 1.37. The van der Waals surface area contributed by atoms with Crippen LogP contribution in [0.25, 0.3) is 0 Å². The molecule has 2 aromatic carbocycles. The molecule has 162 valence electrons. The van der Waals surface area contributed by atoms with Crippen molar-refractivity contribution in [1.82, 2.24) is 0 Å². The molecule has 0 fully saturated rings. The van der Waals surface area contributed by atoms with Crippen LogP contribution in [0.3, 0.4) is 0 Å². The third-order valence-corrected chi connectivity index (χ3v) is 4.53. The smallest absolute Gasteiger partial charge is 0.312 e. The van der Waals surface area contributed by atoms with E-state index in [1.54, 1.807) is 6.92 Å². The monoisotopic (exact) mass is 402 g/mol. The van der Waals surface area contributed by atoms with E-state index in [-0.39, 0.29) is 17.6 Å². The van der Waals surface area contributed by atoms with Crippen LogP contribution in [-0.2, 0) is 16.0 Å². The second-order valence-electron chi connectivity index (χ2n) is 7.39. The molecule has 4 nitrogen and oxygen atoms in total. The number of hydrogen-bond acceptors (Lipinski definition) is 4. The standard InChI is InChI=1S/C12H16O3.C10H14O.C3H8/c1-7-5-10(6-8(2)11(7)13)9(3)12(14)15-4;1-4-9-5-7(2)10(11)8(3)6-9;1-3-2/h5-6,9,13H,1-4H3;5-6,11H,4H2,1-3H3;3H2,1-2H3. The van der Waals surface area contributed by atoms with Crippen molar-refractivity contribution < 1.29 is 19.7 Å². The highest BCUT2D eigenvalue weighted by atomic mass is 16.5. The third-order valence-electron chi connectivity index (χ3n) is 4.53. The van der Waals surface area contributed by atoms with E-state index in [0.29, 0.717) is 5.75 Å². The second-order valence-corrected chi connectivity index (χ2v) is 7.39. The van der Waals surface area contributed by atoms with Gasteiger partial charge in [-0.2, -0.15) is 0 Å². The average Bonchev–Trinajstić information content (AvgIpc) is 2.69. The lowest BCUT2D eigenvalue weighted by molar-refractivity contribution is -0.141. The number of carbonyl (C=O) groups is 1. The Morgan fingerprint density at radius 3 is 1.52 bits per heavy atom.